The molecule has 0 atom stereocenters. The molecule has 0 radical (unpaired) electrons. The zero-order valence-corrected chi connectivity index (χ0v) is 17.9. The highest BCUT2D eigenvalue weighted by molar-refractivity contribution is 7.99. The van der Waals surface area contributed by atoms with Crippen LogP contribution in [0.25, 0.3) is 0 Å². The second kappa shape index (κ2) is 10.4. The van der Waals surface area contributed by atoms with E-state index in [1.807, 2.05) is 36.6 Å². The van der Waals surface area contributed by atoms with E-state index in [9.17, 15) is 9.59 Å². The zero-order chi connectivity index (χ0) is 20.6. The summed E-state index contributed by atoms with van der Waals surface area (Å²) in [6.45, 7) is 4.93. The zero-order valence-electron chi connectivity index (χ0n) is 17.1. The van der Waals surface area contributed by atoms with Gasteiger partial charge >= 0.3 is 0 Å². The standard InChI is InChI=1S/C21H29N5O2S/c1-3-26-18(13-22-20(28)16-9-7-8-15(2)12-16)24-25-21(26)29-14-19(27)23-17-10-5-4-6-11-17/h7-9,12,17H,3-6,10-11,13-14H2,1-2H3,(H,22,28)(H,23,27). The molecule has 1 aromatic heterocycles. The summed E-state index contributed by atoms with van der Waals surface area (Å²) in [6, 6.07) is 7.78. The van der Waals surface area contributed by atoms with Gasteiger partial charge in [-0.15, -0.1) is 10.2 Å². The first-order valence-electron chi connectivity index (χ1n) is 10.3. The summed E-state index contributed by atoms with van der Waals surface area (Å²) in [6.07, 6.45) is 5.81. The van der Waals surface area contributed by atoms with Crippen LogP contribution in [-0.4, -0.2) is 38.4 Å². The number of nitrogens with one attached hydrogen (secondary N) is 2. The van der Waals surface area contributed by atoms with Crippen molar-refractivity contribution in [2.24, 2.45) is 0 Å². The summed E-state index contributed by atoms with van der Waals surface area (Å²) in [5.41, 5.74) is 1.67. The van der Waals surface area contributed by atoms with Crippen LogP contribution in [0.3, 0.4) is 0 Å². The third-order valence-electron chi connectivity index (χ3n) is 5.10. The van der Waals surface area contributed by atoms with Crippen molar-refractivity contribution in [2.75, 3.05) is 5.75 Å². The normalized spacial score (nSPS) is 14.6. The molecule has 2 aromatic rings. The molecule has 0 spiro atoms. The van der Waals surface area contributed by atoms with E-state index in [4.69, 9.17) is 0 Å². The maximum absolute atomic E-state index is 12.4. The van der Waals surface area contributed by atoms with Crippen LogP contribution < -0.4 is 10.6 Å². The molecule has 1 saturated carbocycles. The van der Waals surface area contributed by atoms with Gasteiger partial charge in [0.05, 0.1) is 12.3 Å². The first-order valence-corrected chi connectivity index (χ1v) is 11.2. The maximum Gasteiger partial charge on any atom is 0.251 e. The Labute approximate surface area is 176 Å². The number of rotatable bonds is 8. The summed E-state index contributed by atoms with van der Waals surface area (Å²) in [7, 11) is 0. The number of aromatic nitrogens is 3. The lowest BCUT2D eigenvalue weighted by molar-refractivity contribution is -0.119. The highest BCUT2D eigenvalue weighted by Crippen LogP contribution is 2.19. The number of benzene rings is 1. The Morgan fingerprint density at radius 2 is 2.00 bits per heavy atom. The van der Waals surface area contributed by atoms with Crippen molar-refractivity contribution in [3.05, 3.63) is 41.2 Å². The van der Waals surface area contributed by atoms with E-state index in [1.165, 1.54) is 31.0 Å². The maximum atomic E-state index is 12.4. The molecule has 1 fully saturated rings. The lowest BCUT2D eigenvalue weighted by Gasteiger charge is -2.22. The predicted molar refractivity (Wildman–Crippen MR) is 114 cm³/mol. The molecule has 7 nitrogen and oxygen atoms in total. The van der Waals surface area contributed by atoms with Crippen molar-refractivity contribution in [3.8, 4) is 0 Å². The molecule has 1 aromatic carbocycles. The van der Waals surface area contributed by atoms with E-state index in [0.717, 1.165) is 18.4 Å². The third-order valence-corrected chi connectivity index (χ3v) is 6.07. The van der Waals surface area contributed by atoms with Crippen LogP contribution in [0.1, 0.15) is 60.8 Å². The number of hydrogen-bond acceptors (Lipinski definition) is 5. The molecule has 156 valence electrons. The van der Waals surface area contributed by atoms with Crippen LogP contribution in [0.15, 0.2) is 29.4 Å². The van der Waals surface area contributed by atoms with Gasteiger partial charge in [-0.3, -0.25) is 9.59 Å². The van der Waals surface area contributed by atoms with Crippen molar-refractivity contribution in [3.63, 3.8) is 0 Å². The average Bonchev–Trinajstić information content (AvgIpc) is 3.13. The van der Waals surface area contributed by atoms with E-state index in [1.54, 1.807) is 6.07 Å². The minimum atomic E-state index is -0.139. The molecule has 0 unspecified atom stereocenters. The Morgan fingerprint density at radius 1 is 1.21 bits per heavy atom. The number of nitrogens with zero attached hydrogens (tertiary/aromatic N) is 3. The molecule has 1 aliphatic carbocycles. The topological polar surface area (TPSA) is 88.9 Å². The molecule has 0 saturated heterocycles. The molecule has 29 heavy (non-hydrogen) atoms. The molecule has 1 aliphatic rings. The Hall–Kier alpha value is -2.35. The first-order chi connectivity index (χ1) is 14.1. The fraction of sp³-hybridized carbons (Fsp3) is 0.524. The Kier molecular flexibility index (Phi) is 7.69. The van der Waals surface area contributed by atoms with Crippen LogP contribution in [0, 0.1) is 6.92 Å². The molecule has 2 amide bonds. The van der Waals surface area contributed by atoms with Gasteiger partial charge in [-0.25, -0.2) is 0 Å². The van der Waals surface area contributed by atoms with Crippen molar-refractivity contribution in [2.45, 2.75) is 70.2 Å². The third kappa shape index (κ3) is 6.06. The van der Waals surface area contributed by atoms with Crippen molar-refractivity contribution < 1.29 is 9.59 Å². The minimum Gasteiger partial charge on any atom is -0.353 e. The van der Waals surface area contributed by atoms with Gasteiger partial charge in [0.1, 0.15) is 0 Å². The lowest BCUT2D eigenvalue weighted by atomic mass is 9.95. The lowest BCUT2D eigenvalue weighted by Crippen LogP contribution is -2.37. The number of carbonyl (C=O) groups excluding carboxylic acids is 2. The van der Waals surface area contributed by atoms with E-state index in [2.05, 4.69) is 20.8 Å². The summed E-state index contributed by atoms with van der Waals surface area (Å²) in [5.74, 6) is 0.913. The fourth-order valence-corrected chi connectivity index (χ4v) is 4.40. The first kappa shape index (κ1) is 21.4. The Morgan fingerprint density at radius 3 is 2.72 bits per heavy atom. The fourth-order valence-electron chi connectivity index (χ4n) is 3.57. The van der Waals surface area contributed by atoms with Gasteiger partial charge in [0.15, 0.2) is 11.0 Å². The smallest absolute Gasteiger partial charge is 0.251 e. The number of amides is 2. The average molecular weight is 416 g/mol. The molecule has 2 N–H and O–H groups in total. The number of carbonyl (C=O) groups is 2. The van der Waals surface area contributed by atoms with Crippen molar-refractivity contribution >= 4 is 23.6 Å². The second-order valence-corrected chi connectivity index (χ2v) is 8.33. The highest BCUT2D eigenvalue weighted by atomic mass is 32.2. The quantitative estimate of drug-likeness (QED) is 0.647. The molecular formula is C21H29N5O2S. The molecule has 1 heterocycles. The summed E-state index contributed by atoms with van der Waals surface area (Å²) < 4.78 is 1.94. The second-order valence-electron chi connectivity index (χ2n) is 7.39. The Bertz CT molecular complexity index is 845. The van der Waals surface area contributed by atoms with Gasteiger partial charge in [-0.05, 0) is 38.8 Å². The van der Waals surface area contributed by atoms with Gasteiger partial charge in [-0.1, -0.05) is 48.7 Å². The molecule has 8 heteroatoms. The van der Waals surface area contributed by atoms with Gasteiger partial charge in [0.2, 0.25) is 5.91 Å². The van der Waals surface area contributed by atoms with Crippen LogP contribution in [0.4, 0.5) is 0 Å². The molecule has 3 rings (SSSR count). The van der Waals surface area contributed by atoms with Crippen LogP contribution in [0.5, 0.6) is 0 Å². The van der Waals surface area contributed by atoms with E-state index in [-0.39, 0.29) is 11.8 Å². The van der Waals surface area contributed by atoms with Crippen molar-refractivity contribution in [1.82, 2.24) is 25.4 Å². The van der Waals surface area contributed by atoms with E-state index >= 15 is 0 Å². The van der Waals surface area contributed by atoms with Gasteiger partial charge in [0, 0.05) is 18.2 Å². The minimum absolute atomic E-state index is 0.0434. The molecular weight excluding hydrogens is 386 g/mol. The van der Waals surface area contributed by atoms with Crippen LogP contribution >= 0.6 is 11.8 Å². The number of thioether (sulfide) groups is 1. The Balaban J connectivity index is 1.52. The molecule has 0 aliphatic heterocycles. The van der Waals surface area contributed by atoms with Gasteiger partial charge in [0.25, 0.3) is 5.91 Å². The summed E-state index contributed by atoms with van der Waals surface area (Å²) in [4.78, 5) is 24.6. The van der Waals surface area contributed by atoms with Gasteiger partial charge < -0.3 is 15.2 Å². The highest BCUT2D eigenvalue weighted by Gasteiger charge is 2.18. The predicted octanol–water partition coefficient (Wildman–Crippen LogP) is 3.08. The largest absolute Gasteiger partial charge is 0.353 e. The number of hydrogen-bond donors (Lipinski definition) is 2. The van der Waals surface area contributed by atoms with E-state index < -0.39 is 0 Å². The van der Waals surface area contributed by atoms with Crippen molar-refractivity contribution in [1.29, 1.82) is 0 Å². The SMILES string of the molecule is CCn1c(CNC(=O)c2cccc(C)c2)nnc1SCC(=O)NC1CCCCC1. The van der Waals surface area contributed by atoms with Crippen LogP contribution in [0.2, 0.25) is 0 Å². The molecule has 0 bridgehead atoms. The number of aryl methyl sites for hydroxylation is 1. The van der Waals surface area contributed by atoms with E-state index in [0.29, 0.717) is 41.4 Å². The van der Waals surface area contributed by atoms with Crippen LogP contribution in [-0.2, 0) is 17.9 Å². The summed E-state index contributed by atoms with van der Waals surface area (Å²) >= 11 is 1.39. The summed E-state index contributed by atoms with van der Waals surface area (Å²) in [5, 5.41) is 15.1. The van der Waals surface area contributed by atoms with Gasteiger partial charge in [-0.2, -0.15) is 0 Å². The monoisotopic (exact) mass is 415 g/mol.